The molecule has 8 heterocycles. The van der Waals surface area contributed by atoms with Gasteiger partial charge < -0.3 is 28.8 Å². The van der Waals surface area contributed by atoms with E-state index in [4.69, 9.17) is 43.2 Å². The minimum atomic E-state index is -5.08. The molecule has 9 fully saturated rings. The van der Waals surface area contributed by atoms with Crippen molar-refractivity contribution in [3.63, 3.8) is 0 Å². The molecule has 0 aromatic rings. The van der Waals surface area contributed by atoms with E-state index < -0.39 is 95.3 Å². The molecule has 4 bridgehead atoms. The normalized spacial score (nSPS) is 50.9. The third kappa shape index (κ3) is 5.12. The fraction of sp³-hybridized carbons (Fsp3) is 0.886. The van der Waals surface area contributed by atoms with Crippen LogP contribution in [0.3, 0.4) is 0 Å². The van der Waals surface area contributed by atoms with E-state index in [-0.39, 0.29) is 30.1 Å². The second-order valence-corrected chi connectivity index (χ2v) is 16.3. The van der Waals surface area contributed by atoms with Crippen molar-refractivity contribution < 1.29 is 74.7 Å². The maximum atomic E-state index is 15.2. The molecule has 15 atom stereocenters. The highest BCUT2D eigenvalue weighted by Gasteiger charge is 2.77. The van der Waals surface area contributed by atoms with Gasteiger partial charge in [0.2, 0.25) is 23.6 Å². The molecule has 10 rings (SSSR count). The second kappa shape index (κ2) is 11.7. The van der Waals surface area contributed by atoms with E-state index in [1.165, 1.54) is 6.92 Å². The van der Waals surface area contributed by atoms with Gasteiger partial charge in [-0.1, -0.05) is 32.6 Å². The zero-order chi connectivity index (χ0) is 36.6. The number of rotatable bonds is 3. The van der Waals surface area contributed by atoms with Crippen LogP contribution in [0, 0.1) is 53.3 Å². The van der Waals surface area contributed by atoms with E-state index in [2.05, 4.69) is 11.8 Å². The highest BCUT2D eigenvalue weighted by Crippen LogP contribution is 2.65. The summed E-state index contributed by atoms with van der Waals surface area (Å²) in [5, 5.41) is 11.4. The van der Waals surface area contributed by atoms with Crippen molar-refractivity contribution in [3.05, 3.63) is 11.3 Å². The monoisotopic (exact) mass is 738 g/mol. The lowest BCUT2D eigenvalue weighted by Crippen LogP contribution is -2.76. The van der Waals surface area contributed by atoms with Crippen LogP contribution in [0.1, 0.15) is 86.0 Å². The minimum Gasteiger partial charge on any atom is -0.456 e. The van der Waals surface area contributed by atoms with E-state index in [1.807, 2.05) is 13.8 Å². The van der Waals surface area contributed by atoms with Gasteiger partial charge in [-0.25, -0.2) is 19.6 Å². The maximum Gasteiger partial charge on any atom is 0.449 e. The molecule has 1 N–H and O–H groups in total. The van der Waals surface area contributed by atoms with Gasteiger partial charge in [0.25, 0.3) is 5.79 Å². The predicted octanol–water partition coefficient (Wildman–Crippen LogP) is 6.57. The van der Waals surface area contributed by atoms with Crippen molar-refractivity contribution in [1.82, 2.24) is 0 Å². The first-order valence-corrected chi connectivity index (χ1v) is 17.9. The molecule has 51 heavy (non-hydrogen) atoms. The van der Waals surface area contributed by atoms with Gasteiger partial charge in [-0.05, 0) is 70.1 Å². The van der Waals surface area contributed by atoms with Gasteiger partial charge in [-0.15, -0.1) is 0 Å². The molecule has 16 heteroatoms. The number of ether oxygens (including phenoxy) is 5. The van der Waals surface area contributed by atoms with Crippen molar-refractivity contribution in [1.29, 1.82) is 0 Å². The number of hydrogen-bond acceptors (Lipinski definition) is 10. The first-order valence-electron chi connectivity index (χ1n) is 17.9. The molecule has 2 aliphatic carbocycles. The Labute approximate surface area is 291 Å². The van der Waals surface area contributed by atoms with Gasteiger partial charge in [-0.3, -0.25) is 0 Å². The van der Waals surface area contributed by atoms with E-state index in [0.717, 1.165) is 0 Å². The van der Waals surface area contributed by atoms with Crippen LogP contribution in [0.25, 0.3) is 0 Å². The summed E-state index contributed by atoms with van der Waals surface area (Å²) in [4.78, 5) is 23.2. The van der Waals surface area contributed by atoms with Gasteiger partial charge in [0, 0.05) is 42.1 Å². The van der Waals surface area contributed by atoms with E-state index >= 15 is 13.2 Å². The van der Waals surface area contributed by atoms with Crippen molar-refractivity contribution >= 4 is 0 Å². The summed E-state index contributed by atoms with van der Waals surface area (Å²) in [6.45, 7) is 7.60. The Morgan fingerprint density at radius 3 is 1.98 bits per heavy atom. The zero-order valence-corrected chi connectivity index (χ0v) is 29.0. The standard InChI is InChI=1S/C35H44F6O10/c1-17-8-10-22-19(3)33(35(39,40)41,47-28-31(22)20(17)12-15-30(5,46-28)49-50-31)43-16-6-7-24(42)25-23-11-9-18(2)21-13-14-29(4)45-27(32(21,23)51-48-29)44-26(25)34(36,37)38/h17-24,27-28,42H,8-16H2,1-5H3/t17-,18-,19-,20?,21?,22+,23+,24?,27-,28+,29+,30+,31-,32-,33-/m1/s1. The van der Waals surface area contributed by atoms with E-state index in [9.17, 15) is 18.3 Å². The van der Waals surface area contributed by atoms with Crippen LogP contribution in [0.5, 0.6) is 0 Å². The first-order chi connectivity index (χ1) is 23.8. The molecular formula is C35H44F6O10. The van der Waals surface area contributed by atoms with Crippen molar-refractivity contribution in [3.8, 4) is 11.8 Å². The van der Waals surface area contributed by atoms with E-state index in [0.29, 0.717) is 44.9 Å². The van der Waals surface area contributed by atoms with Crippen LogP contribution in [-0.4, -0.2) is 71.3 Å². The summed E-state index contributed by atoms with van der Waals surface area (Å²) in [6.07, 6.45) is -11.6. The Morgan fingerprint density at radius 2 is 1.35 bits per heavy atom. The third-order valence-electron chi connectivity index (χ3n) is 13.4. The molecule has 0 aromatic heterocycles. The SMILES string of the molecule is C[C@@H]1CC[C@H]2C(C(O)C#CCO[C@@]3(C(F)(F)F)O[C@@H]4O[C@]5(C)CCC6[C@H](C)CC[C@@H]([C@H]3C)[C@]64OO5)=C(C(F)(F)F)O[C@@H]3O[C@]4(C)CCC1[C@]32OO4. The largest absolute Gasteiger partial charge is 0.456 e. The predicted molar refractivity (Wildman–Crippen MR) is 159 cm³/mol. The number of aliphatic hydroxyl groups is 1. The Hall–Kier alpha value is -1.68. The minimum absolute atomic E-state index is 0.00959. The third-order valence-corrected chi connectivity index (χ3v) is 13.4. The summed E-state index contributed by atoms with van der Waals surface area (Å²) in [5.41, 5.74) is -3.38. The lowest BCUT2D eigenvalue weighted by atomic mass is 9.57. The van der Waals surface area contributed by atoms with Gasteiger partial charge in [0.15, 0.2) is 17.5 Å². The topological polar surface area (TPSA) is 103 Å². The van der Waals surface area contributed by atoms with Crippen LogP contribution < -0.4 is 0 Å². The summed E-state index contributed by atoms with van der Waals surface area (Å²) in [6, 6.07) is 0. The molecule has 0 aromatic carbocycles. The average Bonchev–Trinajstić information content (AvgIpc) is 3.42. The number of hydrogen-bond donors (Lipinski definition) is 1. The van der Waals surface area contributed by atoms with Gasteiger partial charge >= 0.3 is 12.4 Å². The molecule has 10 nitrogen and oxygen atoms in total. The molecule has 2 spiro atoms. The zero-order valence-electron chi connectivity index (χ0n) is 29.0. The number of aliphatic hydroxyl groups excluding tert-OH is 1. The number of alkyl halides is 6. The Balaban J connectivity index is 1.10. The lowest BCUT2D eigenvalue weighted by molar-refractivity contribution is -0.598. The highest BCUT2D eigenvalue weighted by atomic mass is 19.4. The Bertz CT molecular complexity index is 1510. The lowest BCUT2D eigenvalue weighted by Gasteiger charge is -2.62. The molecule has 3 unspecified atom stereocenters. The van der Waals surface area contributed by atoms with E-state index in [1.54, 1.807) is 13.8 Å². The smallest absolute Gasteiger partial charge is 0.449 e. The summed E-state index contributed by atoms with van der Waals surface area (Å²) < 4.78 is 118. The van der Waals surface area contributed by atoms with Crippen LogP contribution in [-0.2, 0) is 43.2 Å². The number of halogens is 6. The summed E-state index contributed by atoms with van der Waals surface area (Å²) >= 11 is 0. The van der Waals surface area contributed by atoms with Gasteiger partial charge in [-0.2, -0.15) is 26.3 Å². The summed E-state index contributed by atoms with van der Waals surface area (Å²) in [7, 11) is 0. The molecule has 8 aliphatic heterocycles. The van der Waals surface area contributed by atoms with Crippen LogP contribution >= 0.6 is 0 Å². The Kier molecular flexibility index (Phi) is 8.30. The van der Waals surface area contributed by atoms with Gasteiger partial charge in [0.1, 0.15) is 12.7 Å². The number of fused-ring (bicyclic) bond motifs is 4. The second-order valence-electron chi connectivity index (χ2n) is 16.3. The summed E-state index contributed by atoms with van der Waals surface area (Å²) in [5.74, 6) is -6.21. The first kappa shape index (κ1) is 36.3. The van der Waals surface area contributed by atoms with Crippen LogP contribution in [0.15, 0.2) is 11.3 Å². The van der Waals surface area contributed by atoms with Crippen molar-refractivity contribution in [2.75, 3.05) is 6.61 Å². The molecule has 7 saturated heterocycles. The molecule has 0 amide bonds. The Morgan fingerprint density at radius 1 is 0.765 bits per heavy atom. The fourth-order valence-corrected chi connectivity index (χ4v) is 10.8. The van der Waals surface area contributed by atoms with Gasteiger partial charge in [0.05, 0.1) is 0 Å². The fourth-order valence-electron chi connectivity index (χ4n) is 10.8. The molecule has 286 valence electrons. The van der Waals surface area contributed by atoms with Crippen molar-refractivity contribution in [2.45, 2.75) is 146 Å². The number of allylic oxidation sites excluding steroid dienone is 1. The van der Waals surface area contributed by atoms with Crippen molar-refractivity contribution in [2.24, 2.45) is 41.4 Å². The molecular weight excluding hydrogens is 694 g/mol. The molecule has 10 aliphatic rings. The molecule has 0 radical (unpaired) electrons. The highest BCUT2D eigenvalue weighted by molar-refractivity contribution is 5.35. The average molecular weight is 739 g/mol. The quantitative estimate of drug-likeness (QED) is 0.194. The van der Waals surface area contributed by atoms with Crippen LogP contribution in [0.2, 0.25) is 0 Å². The maximum absolute atomic E-state index is 15.2. The molecule has 2 saturated carbocycles. The van der Waals surface area contributed by atoms with Crippen LogP contribution in [0.4, 0.5) is 26.3 Å².